The minimum atomic E-state index is -0.399. The Balaban J connectivity index is 3.72. The van der Waals surface area contributed by atoms with Gasteiger partial charge in [0.05, 0.1) is 6.10 Å². The lowest BCUT2D eigenvalue weighted by atomic mass is 10.3. The summed E-state index contributed by atoms with van der Waals surface area (Å²) in [7, 11) is 1.53. The maximum absolute atomic E-state index is 10.4. The van der Waals surface area contributed by atoms with E-state index >= 15 is 0 Å². The average molecular weight is 196 g/mol. The molecule has 0 rings (SSSR count). The Hall–Kier alpha value is -0.0900. The fourth-order valence-corrected chi connectivity index (χ4v) is 0.567. The summed E-state index contributed by atoms with van der Waals surface area (Å²) in [5.41, 5.74) is 4.95. The van der Waals surface area contributed by atoms with E-state index in [0.717, 1.165) is 0 Å². The Morgan fingerprint density at radius 2 is 2.22 bits per heavy atom. The Morgan fingerprint density at radius 3 is 2.33 bits per heavy atom. The molecule has 0 bridgehead atoms. The van der Waals surface area contributed by atoms with Gasteiger partial charge < -0.3 is 10.5 Å². The maximum atomic E-state index is 10.4. The first-order chi connectivity index (χ1) is 4.09. The number of hydrogen-bond donors (Lipinski definition) is 1. The molecular formula is C5H10BrNO2. The van der Waals surface area contributed by atoms with E-state index in [1.807, 2.05) is 0 Å². The van der Waals surface area contributed by atoms with Gasteiger partial charge in [-0.2, -0.15) is 0 Å². The van der Waals surface area contributed by atoms with Crippen LogP contribution in [0.4, 0.5) is 0 Å². The van der Waals surface area contributed by atoms with Crippen LogP contribution in [0, 0.1) is 0 Å². The summed E-state index contributed by atoms with van der Waals surface area (Å²) in [4.78, 5) is 10.0. The molecule has 2 N–H and O–H groups in total. The Morgan fingerprint density at radius 1 is 1.78 bits per heavy atom. The van der Waals surface area contributed by atoms with E-state index in [1.54, 1.807) is 6.92 Å². The van der Waals surface area contributed by atoms with Gasteiger partial charge in [-0.15, -0.1) is 0 Å². The molecule has 0 radical (unpaired) electrons. The van der Waals surface area contributed by atoms with Crippen molar-refractivity contribution in [2.45, 2.75) is 17.9 Å². The van der Waals surface area contributed by atoms with Crippen molar-refractivity contribution < 1.29 is 9.53 Å². The Bertz CT molecular complexity index is 107. The molecule has 2 atom stereocenters. The van der Waals surface area contributed by atoms with Crippen molar-refractivity contribution in [2.24, 2.45) is 5.73 Å². The number of amides is 1. The van der Waals surface area contributed by atoms with Gasteiger partial charge in [0, 0.05) is 7.11 Å². The van der Waals surface area contributed by atoms with Crippen LogP contribution in [-0.2, 0) is 9.53 Å². The second-order valence-corrected chi connectivity index (χ2v) is 2.73. The molecule has 1 amide bonds. The van der Waals surface area contributed by atoms with E-state index in [9.17, 15) is 4.79 Å². The van der Waals surface area contributed by atoms with Gasteiger partial charge in [-0.05, 0) is 6.92 Å². The number of alkyl halides is 1. The van der Waals surface area contributed by atoms with Gasteiger partial charge in [0.25, 0.3) is 0 Å². The van der Waals surface area contributed by atoms with Crippen LogP contribution in [0.3, 0.4) is 0 Å². The van der Waals surface area contributed by atoms with Crippen LogP contribution in [-0.4, -0.2) is 23.9 Å². The van der Waals surface area contributed by atoms with Crippen LogP contribution in [0.1, 0.15) is 6.92 Å². The first kappa shape index (κ1) is 8.91. The van der Waals surface area contributed by atoms with E-state index in [0.29, 0.717) is 0 Å². The highest BCUT2D eigenvalue weighted by atomic mass is 79.9. The normalized spacial score (nSPS) is 16.8. The molecule has 0 aromatic carbocycles. The maximum Gasteiger partial charge on any atom is 0.233 e. The van der Waals surface area contributed by atoms with Gasteiger partial charge in [-0.3, -0.25) is 4.79 Å². The molecule has 0 spiro atoms. The Kier molecular flexibility index (Phi) is 3.81. The Labute approximate surface area is 62.7 Å². The lowest BCUT2D eigenvalue weighted by Gasteiger charge is -2.12. The van der Waals surface area contributed by atoms with Gasteiger partial charge >= 0.3 is 0 Å². The zero-order valence-electron chi connectivity index (χ0n) is 5.43. The first-order valence-electron chi connectivity index (χ1n) is 2.55. The third-order valence-corrected chi connectivity index (χ3v) is 2.25. The fraction of sp³-hybridized carbons (Fsp3) is 0.800. The molecule has 0 fully saturated rings. The molecule has 0 aliphatic carbocycles. The van der Waals surface area contributed by atoms with Crippen LogP contribution >= 0.6 is 15.9 Å². The predicted octanol–water partition coefficient (Wildman–Crippen LogP) is 0.270. The molecule has 0 aromatic heterocycles. The molecule has 0 unspecified atom stereocenters. The van der Waals surface area contributed by atoms with E-state index in [4.69, 9.17) is 10.5 Å². The molecule has 3 nitrogen and oxygen atoms in total. The summed E-state index contributed by atoms with van der Waals surface area (Å²) < 4.78 is 4.83. The minimum absolute atomic E-state index is 0.164. The molecule has 0 saturated carbocycles. The van der Waals surface area contributed by atoms with E-state index < -0.39 is 5.91 Å². The van der Waals surface area contributed by atoms with Crippen LogP contribution in [0.25, 0.3) is 0 Å². The van der Waals surface area contributed by atoms with Gasteiger partial charge in [0.2, 0.25) is 5.91 Å². The average Bonchev–Trinajstić information content (AvgIpc) is 1.84. The van der Waals surface area contributed by atoms with E-state index in [-0.39, 0.29) is 10.9 Å². The second-order valence-electron chi connectivity index (χ2n) is 1.74. The van der Waals surface area contributed by atoms with Gasteiger partial charge in [-0.25, -0.2) is 0 Å². The van der Waals surface area contributed by atoms with Crippen LogP contribution in [0.15, 0.2) is 0 Å². The number of primary amides is 1. The van der Waals surface area contributed by atoms with Crippen LogP contribution in [0.2, 0.25) is 0 Å². The molecule has 54 valence electrons. The lowest BCUT2D eigenvalue weighted by molar-refractivity contribution is -0.119. The monoisotopic (exact) mass is 195 g/mol. The van der Waals surface area contributed by atoms with E-state index in [1.165, 1.54) is 7.11 Å². The molecule has 9 heavy (non-hydrogen) atoms. The first-order valence-corrected chi connectivity index (χ1v) is 3.47. The summed E-state index contributed by atoms with van der Waals surface area (Å²) >= 11 is 3.07. The summed E-state index contributed by atoms with van der Waals surface area (Å²) in [5.74, 6) is -0.399. The molecule has 4 heteroatoms. The lowest BCUT2D eigenvalue weighted by Crippen LogP contribution is -2.33. The predicted molar refractivity (Wildman–Crippen MR) is 38.4 cm³/mol. The summed E-state index contributed by atoms with van der Waals surface area (Å²) in [6, 6.07) is 0. The summed E-state index contributed by atoms with van der Waals surface area (Å²) in [5, 5.41) is 0. The number of ether oxygens (including phenoxy) is 1. The van der Waals surface area contributed by atoms with E-state index in [2.05, 4.69) is 15.9 Å². The molecule has 0 aliphatic rings. The molecule has 0 aliphatic heterocycles. The third kappa shape index (κ3) is 2.81. The smallest absolute Gasteiger partial charge is 0.233 e. The summed E-state index contributed by atoms with van der Waals surface area (Å²) in [6.07, 6.45) is -0.164. The highest BCUT2D eigenvalue weighted by molar-refractivity contribution is 9.10. The van der Waals surface area contributed by atoms with Crippen molar-refractivity contribution in [2.75, 3.05) is 7.11 Å². The molecule has 0 aromatic rings. The zero-order valence-corrected chi connectivity index (χ0v) is 7.01. The van der Waals surface area contributed by atoms with Crippen LogP contribution < -0.4 is 5.73 Å². The van der Waals surface area contributed by atoms with Crippen molar-refractivity contribution in [1.29, 1.82) is 0 Å². The van der Waals surface area contributed by atoms with Gasteiger partial charge in [-0.1, -0.05) is 15.9 Å². The van der Waals surface area contributed by atoms with Crippen molar-refractivity contribution in [3.05, 3.63) is 0 Å². The largest absolute Gasteiger partial charge is 0.380 e. The number of rotatable bonds is 3. The van der Waals surface area contributed by atoms with Crippen LogP contribution in [0.5, 0.6) is 0 Å². The molecular weight excluding hydrogens is 186 g/mol. The standard InChI is InChI=1S/C5H10BrNO2/c1-3(9-2)4(6)5(7)8/h3-4H,1-2H3,(H2,7,8)/t3-,4-/m0/s1. The van der Waals surface area contributed by atoms with Crippen molar-refractivity contribution in [3.63, 3.8) is 0 Å². The SMILES string of the molecule is CO[C@@H](C)[C@H](Br)C(N)=O. The number of carbonyl (C=O) groups excluding carboxylic acids is 1. The third-order valence-electron chi connectivity index (χ3n) is 1.06. The molecule has 0 saturated heterocycles. The number of hydrogen-bond acceptors (Lipinski definition) is 2. The number of nitrogens with two attached hydrogens (primary N) is 1. The van der Waals surface area contributed by atoms with Gasteiger partial charge in [0.15, 0.2) is 0 Å². The highest BCUT2D eigenvalue weighted by Gasteiger charge is 2.17. The fourth-order valence-electron chi connectivity index (χ4n) is 0.351. The zero-order chi connectivity index (χ0) is 7.44. The second kappa shape index (κ2) is 3.85. The number of halogens is 1. The highest BCUT2D eigenvalue weighted by Crippen LogP contribution is 2.06. The van der Waals surface area contributed by atoms with Crippen molar-refractivity contribution in [3.8, 4) is 0 Å². The quantitative estimate of drug-likeness (QED) is 0.658. The molecule has 0 heterocycles. The van der Waals surface area contributed by atoms with Crippen molar-refractivity contribution >= 4 is 21.8 Å². The minimum Gasteiger partial charge on any atom is -0.380 e. The topological polar surface area (TPSA) is 52.3 Å². The number of carbonyl (C=O) groups is 1. The summed E-state index contributed by atoms with van der Waals surface area (Å²) in [6.45, 7) is 1.77. The van der Waals surface area contributed by atoms with Crippen molar-refractivity contribution in [1.82, 2.24) is 0 Å². The van der Waals surface area contributed by atoms with Gasteiger partial charge in [0.1, 0.15) is 4.83 Å². The number of methoxy groups -OCH3 is 1.